The largest absolute Gasteiger partial charge is 0.465 e. The summed E-state index contributed by atoms with van der Waals surface area (Å²) in [7, 11) is 2.77. The fourth-order valence-electron chi connectivity index (χ4n) is 4.18. The van der Waals surface area contributed by atoms with Crippen LogP contribution in [0.15, 0.2) is 54.6 Å². The molecule has 2 aromatic rings. The fraction of sp³-hybridized carbons (Fsp3) is 0.273. The maximum atomic E-state index is 12.2. The average molecular weight is 363 g/mol. The molecule has 0 saturated heterocycles. The molecule has 5 heteroatoms. The Morgan fingerprint density at radius 1 is 1.00 bits per heavy atom. The Hall–Kier alpha value is -3.08. The van der Waals surface area contributed by atoms with Crippen molar-refractivity contribution in [1.82, 2.24) is 0 Å². The highest BCUT2D eigenvalue weighted by Crippen LogP contribution is 2.50. The van der Waals surface area contributed by atoms with Crippen molar-refractivity contribution in [3.63, 3.8) is 0 Å². The van der Waals surface area contributed by atoms with Crippen LogP contribution < -0.4 is 5.32 Å². The molecule has 3 atom stereocenters. The van der Waals surface area contributed by atoms with Crippen molar-refractivity contribution in [2.24, 2.45) is 5.92 Å². The molecule has 2 aliphatic rings. The van der Waals surface area contributed by atoms with Crippen molar-refractivity contribution in [3.05, 3.63) is 76.9 Å². The van der Waals surface area contributed by atoms with E-state index < -0.39 is 0 Å². The summed E-state index contributed by atoms with van der Waals surface area (Å²) in [6.45, 7) is 0. The first kappa shape index (κ1) is 17.3. The number of allylic oxidation sites excluding steroid dienone is 2. The van der Waals surface area contributed by atoms with Gasteiger partial charge in [0, 0.05) is 5.92 Å². The Morgan fingerprint density at radius 2 is 1.74 bits per heavy atom. The second kappa shape index (κ2) is 6.91. The summed E-state index contributed by atoms with van der Waals surface area (Å²) in [6.07, 6.45) is 5.39. The monoisotopic (exact) mass is 363 g/mol. The van der Waals surface area contributed by atoms with Gasteiger partial charge in [0.05, 0.1) is 37.1 Å². The van der Waals surface area contributed by atoms with Crippen LogP contribution in [0.4, 0.5) is 5.69 Å². The van der Waals surface area contributed by atoms with E-state index in [0.29, 0.717) is 17.0 Å². The van der Waals surface area contributed by atoms with Gasteiger partial charge < -0.3 is 14.8 Å². The summed E-state index contributed by atoms with van der Waals surface area (Å²) in [4.78, 5) is 23.9. The molecule has 1 aliphatic heterocycles. The molecule has 0 aromatic heterocycles. The first-order valence-corrected chi connectivity index (χ1v) is 8.96. The Labute approximate surface area is 158 Å². The zero-order valence-corrected chi connectivity index (χ0v) is 15.3. The van der Waals surface area contributed by atoms with E-state index >= 15 is 0 Å². The molecule has 1 heterocycles. The van der Waals surface area contributed by atoms with Crippen molar-refractivity contribution < 1.29 is 19.1 Å². The number of fused-ring (bicyclic) bond motifs is 3. The van der Waals surface area contributed by atoms with Crippen LogP contribution in [0.1, 0.15) is 50.2 Å². The number of carbonyl (C=O) groups is 2. The van der Waals surface area contributed by atoms with E-state index in [1.807, 2.05) is 18.2 Å². The maximum Gasteiger partial charge on any atom is 0.339 e. The molecule has 4 rings (SSSR count). The lowest BCUT2D eigenvalue weighted by atomic mass is 9.76. The predicted molar refractivity (Wildman–Crippen MR) is 102 cm³/mol. The van der Waals surface area contributed by atoms with Crippen molar-refractivity contribution in [3.8, 4) is 0 Å². The first-order chi connectivity index (χ1) is 13.1. The Kier molecular flexibility index (Phi) is 4.44. The molecule has 138 valence electrons. The maximum absolute atomic E-state index is 12.2. The summed E-state index contributed by atoms with van der Waals surface area (Å²) < 4.78 is 9.74. The van der Waals surface area contributed by atoms with Crippen molar-refractivity contribution >= 4 is 17.6 Å². The number of rotatable bonds is 3. The van der Waals surface area contributed by atoms with Gasteiger partial charge in [0.2, 0.25) is 0 Å². The standard InChI is InChI=1S/C22H21NO4/c1-26-21(24)14-11-9-13(10-12-14)19-16-6-3-5-15(16)17-7-4-8-18(20(17)23-19)22(25)27-2/h3-5,7-12,15-16,19,23H,6H2,1-2H3/t15-,16+,19-/m1/s1. The number of ether oxygens (including phenoxy) is 2. The van der Waals surface area contributed by atoms with Crippen LogP contribution in [0.3, 0.4) is 0 Å². The summed E-state index contributed by atoms with van der Waals surface area (Å²) in [5.74, 6) is -0.0954. The fourth-order valence-corrected chi connectivity index (χ4v) is 4.18. The molecule has 5 nitrogen and oxygen atoms in total. The van der Waals surface area contributed by atoms with E-state index in [0.717, 1.165) is 23.2 Å². The number of carbonyl (C=O) groups excluding carboxylic acids is 2. The summed E-state index contributed by atoms with van der Waals surface area (Å²) in [6, 6.07) is 13.3. The molecule has 27 heavy (non-hydrogen) atoms. The van der Waals surface area contributed by atoms with Crippen molar-refractivity contribution in [2.45, 2.75) is 18.4 Å². The molecule has 0 saturated carbocycles. The van der Waals surface area contributed by atoms with Crippen LogP contribution >= 0.6 is 0 Å². The lowest BCUT2D eigenvalue weighted by Crippen LogP contribution is -2.30. The van der Waals surface area contributed by atoms with Gasteiger partial charge in [0.1, 0.15) is 0 Å². The Morgan fingerprint density at radius 3 is 2.44 bits per heavy atom. The second-order valence-electron chi connectivity index (χ2n) is 6.85. The van der Waals surface area contributed by atoms with Gasteiger partial charge in [-0.05, 0) is 41.7 Å². The van der Waals surface area contributed by atoms with Crippen molar-refractivity contribution in [1.29, 1.82) is 0 Å². The molecule has 0 spiro atoms. The minimum Gasteiger partial charge on any atom is -0.465 e. The zero-order valence-electron chi connectivity index (χ0n) is 15.3. The van der Waals surface area contributed by atoms with Crippen LogP contribution in [-0.2, 0) is 9.47 Å². The van der Waals surface area contributed by atoms with Gasteiger partial charge in [-0.15, -0.1) is 0 Å². The Bertz CT molecular complexity index is 916. The third kappa shape index (κ3) is 2.89. The van der Waals surface area contributed by atoms with Gasteiger partial charge in [-0.1, -0.05) is 36.4 Å². The summed E-state index contributed by atoms with van der Waals surface area (Å²) in [5, 5.41) is 3.57. The smallest absolute Gasteiger partial charge is 0.339 e. The number of hydrogen-bond acceptors (Lipinski definition) is 5. The van der Waals surface area contributed by atoms with E-state index in [2.05, 4.69) is 23.5 Å². The van der Waals surface area contributed by atoms with Crippen LogP contribution in [0.5, 0.6) is 0 Å². The number of para-hydroxylation sites is 1. The van der Waals surface area contributed by atoms with Gasteiger partial charge in [0.25, 0.3) is 0 Å². The van der Waals surface area contributed by atoms with Crippen LogP contribution in [0, 0.1) is 5.92 Å². The van der Waals surface area contributed by atoms with Crippen LogP contribution in [0.2, 0.25) is 0 Å². The predicted octanol–water partition coefficient (Wildman–Crippen LogP) is 4.09. The third-order valence-electron chi connectivity index (χ3n) is 5.49. The number of hydrogen-bond donors (Lipinski definition) is 1. The highest BCUT2D eigenvalue weighted by atomic mass is 16.5. The van der Waals surface area contributed by atoms with E-state index in [9.17, 15) is 9.59 Å². The molecular weight excluding hydrogens is 342 g/mol. The molecule has 1 aliphatic carbocycles. The highest BCUT2D eigenvalue weighted by Gasteiger charge is 2.39. The van der Waals surface area contributed by atoms with E-state index in [4.69, 9.17) is 9.47 Å². The lowest BCUT2D eigenvalue weighted by molar-refractivity contribution is 0.0592. The number of esters is 2. The molecule has 0 unspecified atom stereocenters. The second-order valence-corrected chi connectivity index (χ2v) is 6.85. The molecule has 0 bridgehead atoms. The zero-order chi connectivity index (χ0) is 19.0. The quantitative estimate of drug-likeness (QED) is 0.657. The van der Waals surface area contributed by atoms with Gasteiger partial charge in [-0.25, -0.2) is 9.59 Å². The number of methoxy groups -OCH3 is 2. The lowest BCUT2D eigenvalue weighted by Gasteiger charge is -2.38. The SMILES string of the molecule is COC(=O)c1ccc([C@H]2Nc3c(C(=O)OC)cccc3[C@@H]3C=CC[C@H]23)cc1. The molecule has 2 aromatic carbocycles. The van der Waals surface area contributed by atoms with Crippen molar-refractivity contribution in [2.75, 3.05) is 19.5 Å². The number of benzene rings is 2. The summed E-state index contributed by atoms with van der Waals surface area (Å²) >= 11 is 0. The molecule has 0 amide bonds. The minimum absolute atomic E-state index is 0.0370. The van der Waals surface area contributed by atoms with E-state index in [1.165, 1.54) is 14.2 Å². The summed E-state index contributed by atoms with van der Waals surface area (Å²) in [5.41, 5.74) is 4.10. The highest BCUT2D eigenvalue weighted by molar-refractivity contribution is 5.97. The van der Waals surface area contributed by atoms with E-state index in [-0.39, 0.29) is 23.9 Å². The van der Waals surface area contributed by atoms with Gasteiger partial charge in [0.15, 0.2) is 0 Å². The van der Waals surface area contributed by atoms with Gasteiger partial charge in [-0.2, -0.15) is 0 Å². The average Bonchev–Trinajstić information content (AvgIpc) is 3.22. The number of nitrogens with one attached hydrogen (secondary N) is 1. The topological polar surface area (TPSA) is 64.6 Å². The number of anilines is 1. The first-order valence-electron chi connectivity index (χ1n) is 8.96. The molecule has 0 fully saturated rings. The Balaban J connectivity index is 1.74. The molecule has 1 N–H and O–H groups in total. The van der Waals surface area contributed by atoms with Crippen LogP contribution in [0.25, 0.3) is 0 Å². The normalized spacial score (nSPS) is 22.4. The van der Waals surface area contributed by atoms with Gasteiger partial charge in [-0.3, -0.25) is 0 Å². The molecular formula is C22H21NO4. The van der Waals surface area contributed by atoms with E-state index in [1.54, 1.807) is 18.2 Å². The van der Waals surface area contributed by atoms with Crippen LogP contribution in [-0.4, -0.2) is 26.2 Å². The molecule has 0 radical (unpaired) electrons. The minimum atomic E-state index is -0.350. The van der Waals surface area contributed by atoms with Gasteiger partial charge >= 0.3 is 11.9 Å². The third-order valence-corrected chi connectivity index (χ3v) is 5.49.